The monoisotopic (exact) mass is 425 g/mol. The molecule has 1 aromatic heterocycles. The van der Waals surface area contributed by atoms with Crippen molar-refractivity contribution in [3.8, 4) is 0 Å². The van der Waals surface area contributed by atoms with Gasteiger partial charge in [-0.1, -0.05) is 20.8 Å². The van der Waals surface area contributed by atoms with E-state index in [1.54, 1.807) is 13.1 Å². The molecule has 2 bridgehead atoms. The van der Waals surface area contributed by atoms with Gasteiger partial charge in [-0.3, -0.25) is 9.59 Å². The Hall–Kier alpha value is -1.37. The lowest BCUT2D eigenvalue weighted by molar-refractivity contribution is -0.143. The molecule has 3 aliphatic rings. The Bertz CT molecular complexity index is 746. The van der Waals surface area contributed by atoms with Crippen LogP contribution in [0, 0.1) is 23.2 Å². The zero-order chi connectivity index (χ0) is 19.1. The maximum atomic E-state index is 12.5. The summed E-state index contributed by atoms with van der Waals surface area (Å²) in [4.78, 5) is 24.0. The summed E-state index contributed by atoms with van der Waals surface area (Å²) in [5.74, 6) is 1.72. The number of nitrogens with zero attached hydrogens (tertiary/aromatic N) is 2. The number of fused-ring (bicyclic) bond motifs is 2. The van der Waals surface area contributed by atoms with Crippen molar-refractivity contribution in [1.82, 2.24) is 9.78 Å². The highest BCUT2D eigenvalue weighted by Crippen LogP contribution is 2.61. The summed E-state index contributed by atoms with van der Waals surface area (Å²) in [5, 5.41) is 7.76. The zero-order valence-electron chi connectivity index (χ0n) is 15.9. The average Bonchev–Trinajstić information content (AvgIpc) is 2.59. The Morgan fingerprint density at radius 3 is 2.81 bits per heavy atom. The lowest BCUT2D eigenvalue weighted by atomic mass is 9.45. The molecule has 1 aromatic rings. The van der Waals surface area contributed by atoms with Gasteiger partial charge in [0.1, 0.15) is 4.47 Å². The van der Waals surface area contributed by atoms with Gasteiger partial charge >= 0.3 is 5.97 Å². The minimum Gasteiger partial charge on any atom is -0.466 e. The number of rotatable bonds is 6. The van der Waals surface area contributed by atoms with E-state index in [4.69, 9.17) is 4.74 Å². The minimum atomic E-state index is -0.322. The number of hydrogen-bond acceptors (Lipinski definition) is 5. The first-order valence-electron chi connectivity index (χ1n) is 9.43. The van der Waals surface area contributed by atoms with Gasteiger partial charge in [-0.15, -0.1) is 0 Å². The molecule has 0 spiro atoms. The number of halogens is 1. The molecule has 0 radical (unpaired) electrons. The Morgan fingerprint density at radius 1 is 1.46 bits per heavy atom. The number of esters is 1. The van der Waals surface area contributed by atoms with Crippen LogP contribution in [0.2, 0.25) is 0 Å². The maximum absolute atomic E-state index is 12.5. The number of carbonyl (C=O) groups excluding carboxylic acids is 1. The van der Waals surface area contributed by atoms with E-state index >= 15 is 0 Å². The molecule has 144 valence electrons. The lowest BCUT2D eigenvalue weighted by Gasteiger charge is -2.62. The Balaban J connectivity index is 1.67. The summed E-state index contributed by atoms with van der Waals surface area (Å²) in [7, 11) is 0. The van der Waals surface area contributed by atoms with Crippen molar-refractivity contribution in [2.45, 2.75) is 59.5 Å². The van der Waals surface area contributed by atoms with Crippen molar-refractivity contribution in [2.24, 2.45) is 23.2 Å². The van der Waals surface area contributed by atoms with E-state index in [0.717, 1.165) is 23.9 Å². The number of ether oxygens (including phenoxy) is 1. The second-order valence-corrected chi connectivity index (χ2v) is 8.95. The van der Waals surface area contributed by atoms with Gasteiger partial charge in [-0.05, 0) is 58.9 Å². The molecule has 0 amide bonds. The van der Waals surface area contributed by atoms with E-state index in [2.05, 4.69) is 47.1 Å². The van der Waals surface area contributed by atoms with Crippen LogP contribution >= 0.6 is 15.9 Å². The number of anilines is 1. The van der Waals surface area contributed by atoms with Gasteiger partial charge < -0.3 is 10.1 Å². The fourth-order valence-corrected chi connectivity index (χ4v) is 5.12. The normalized spacial score (nSPS) is 29.0. The number of nitrogens with one attached hydrogen (secondary N) is 1. The molecule has 1 N–H and O–H groups in total. The Morgan fingerprint density at radius 2 is 2.19 bits per heavy atom. The SMILES string of the molecule is CCOC(=O)CCn1ncc(N[C@@H]2C[C@H]3C[C@H]([C@@H]2C)C3(C)C)c(Br)c1=O. The second kappa shape index (κ2) is 7.33. The first-order chi connectivity index (χ1) is 12.3. The van der Waals surface area contributed by atoms with Gasteiger partial charge in [0.15, 0.2) is 0 Å². The molecular formula is C19H28BrN3O3. The quantitative estimate of drug-likeness (QED) is 0.706. The number of carbonyl (C=O) groups is 1. The lowest BCUT2D eigenvalue weighted by Crippen LogP contribution is -2.58. The standard InChI is InChI=1S/C19H28BrN3O3/c1-5-26-16(24)6-7-23-18(25)17(20)15(10-21-23)22-14-9-12-8-13(11(14)2)19(12,3)4/h10-14,22H,5-9H2,1-4H3/t11-,12+,13+,14+/m0/s1. The fraction of sp³-hybridized carbons (Fsp3) is 0.737. The summed E-state index contributed by atoms with van der Waals surface area (Å²) in [5.41, 5.74) is 0.940. The molecule has 7 heteroatoms. The molecule has 3 saturated carbocycles. The zero-order valence-corrected chi connectivity index (χ0v) is 17.5. The van der Waals surface area contributed by atoms with Crippen molar-refractivity contribution in [2.75, 3.05) is 11.9 Å². The molecule has 6 nitrogen and oxygen atoms in total. The van der Waals surface area contributed by atoms with E-state index in [0.29, 0.717) is 28.5 Å². The highest BCUT2D eigenvalue weighted by molar-refractivity contribution is 9.10. The maximum Gasteiger partial charge on any atom is 0.307 e. The molecular weight excluding hydrogens is 398 g/mol. The van der Waals surface area contributed by atoms with Crippen LogP contribution in [0.4, 0.5) is 5.69 Å². The summed E-state index contributed by atoms with van der Waals surface area (Å²) in [6.45, 7) is 9.38. The van der Waals surface area contributed by atoms with Crippen molar-refractivity contribution in [3.05, 3.63) is 21.0 Å². The third kappa shape index (κ3) is 3.42. The summed E-state index contributed by atoms with van der Waals surface area (Å²) in [6.07, 6.45) is 4.26. The van der Waals surface area contributed by atoms with Crippen LogP contribution in [0.5, 0.6) is 0 Å². The first kappa shape index (κ1) is 19.4. The third-order valence-corrected chi connectivity index (χ3v) is 7.28. The van der Waals surface area contributed by atoms with Gasteiger partial charge in [0.25, 0.3) is 5.56 Å². The van der Waals surface area contributed by atoms with Crippen LogP contribution in [0.1, 0.15) is 47.0 Å². The van der Waals surface area contributed by atoms with Crippen LogP contribution in [0.15, 0.2) is 15.5 Å². The van der Waals surface area contributed by atoms with Gasteiger partial charge in [-0.2, -0.15) is 5.10 Å². The molecule has 26 heavy (non-hydrogen) atoms. The van der Waals surface area contributed by atoms with Crippen LogP contribution in [-0.2, 0) is 16.1 Å². The summed E-state index contributed by atoms with van der Waals surface area (Å²) < 4.78 is 6.67. The number of hydrogen-bond donors (Lipinski definition) is 1. The average molecular weight is 426 g/mol. The Labute approximate surface area is 162 Å². The van der Waals surface area contributed by atoms with Gasteiger partial charge in [-0.25, -0.2) is 4.68 Å². The highest BCUT2D eigenvalue weighted by atomic mass is 79.9. The van der Waals surface area contributed by atoms with Crippen molar-refractivity contribution in [3.63, 3.8) is 0 Å². The minimum absolute atomic E-state index is 0.137. The van der Waals surface area contributed by atoms with Crippen molar-refractivity contribution < 1.29 is 9.53 Å². The van der Waals surface area contributed by atoms with Crippen LogP contribution in [-0.4, -0.2) is 28.4 Å². The van der Waals surface area contributed by atoms with E-state index in [1.807, 2.05) is 0 Å². The van der Waals surface area contributed by atoms with E-state index < -0.39 is 0 Å². The largest absolute Gasteiger partial charge is 0.466 e. The molecule has 0 unspecified atom stereocenters. The summed E-state index contributed by atoms with van der Waals surface area (Å²) in [6, 6.07) is 0.361. The Kier molecular flexibility index (Phi) is 5.47. The van der Waals surface area contributed by atoms with Crippen molar-refractivity contribution in [1.29, 1.82) is 0 Å². The number of aromatic nitrogens is 2. The van der Waals surface area contributed by atoms with Crippen LogP contribution in [0.3, 0.4) is 0 Å². The number of aryl methyl sites for hydroxylation is 1. The van der Waals surface area contributed by atoms with Gasteiger partial charge in [0.05, 0.1) is 31.5 Å². The van der Waals surface area contributed by atoms with E-state index in [9.17, 15) is 9.59 Å². The molecule has 0 aliphatic heterocycles. The molecule has 4 rings (SSSR count). The van der Waals surface area contributed by atoms with Crippen molar-refractivity contribution >= 4 is 27.6 Å². The molecule has 3 fully saturated rings. The summed E-state index contributed by atoms with van der Waals surface area (Å²) >= 11 is 3.41. The van der Waals surface area contributed by atoms with E-state index in [-0.39, 0.29) is 24.5 Å². The molecule has 0 saturated heterocycles. The fourth-order valence-electron chi connectivity index (χ4n) is 4.70. The molecule has 4 atom stereocenters. The van der Waals surface area contributed by atoms with Crippen LogP contribution in [0.25, 0.3) is 0 Å². The first-order valence-corrected chi connectivity index (χ1v) is 10.2. The third-order valence-electron chi connectivity index (χ3n) is 6.51. The molecule has 0 aromatic carbocycles. The second-order valence-electron chi connectivity index (χ2n) is 8.16. The predicted molar refractivity (Wildman–Crippen MR) is 104 cm³/mol. The molecule has 1 heterocycles. The van der Waals surface area contributed by atoms with E-state index in [1.165, 1.54) is 11.1 Å². The van der Waals surface area contributed by atoms with Gasteiger partial charge in [0.2, 0.25) is 0 Å². The van der Waals surface area contributed by atoms with Crippen LogP contribution < -0.4 is 10.9 Å². The predicted octanol–water partition coefficient (Wildman–Crippen LogP) is 3.44. The topological polar surface area (TPSA) is 73.2 Å². The highest BCUT2D eigenvalue weighted by Gasteiger charge is 2.56. The molecule has 3 aliphatic carbocycles. The smallest absolute Gasteiger partial charge is 0.307 e. The van der Waals surface area contributed by atoms with Gasteiger partial charge in [0, 0.05) is 6.04 Å².